The molecular weight excluding hydrogens is 474 g/mol. The second-order valence-electron chi connectivity index (χ2n) is 9.08. The maximum atomic E-state index is 13.3. The monoisotopic (exact) mass is 505 g/mol. The minimum Gasteiger partial charge on any atom is -0.350 e. The molecule has 0 saturated carbocycles. The van der Waals surface area contributed by atoms with Gasteiger partial charge in [0.2, 0.25) is 15.9 Å². The van der Waals surface area contributed by atoms with Crippen molar-refractivity contribution in [2.45, 2.75) is 37.2 Å². The normalized spacial score (nSPS) is 15.7. The van der Waals surface area contributed by atoms with Crippen LogP contribution in [0.4, 0.5) is 0 Å². The number of piperidine rings is 1. The molecule has 0 spiro atoms. The van der Waals surface area contributed by atoms with E-state index in [2.05, 4.69) is 10.6 Å². The Balaban J connectivity index is 1.46. The molecule has 1 aliphatic rings. The second-order valence-corrected chi connectivity index (χ2v) is 11.0. The summed E-state index contributed by atoms with van der Waals surface area (Å²) in [6, 6.07) is 24.4. The van der Waals surface area contributed by atoms with Gasteiger partial charge in [-0.15, -0.1) is 0 Å². The number of nitrogens with zero attached hydrogens (tertiary/aromatic N) is 1. The molecule has 0 unspecified atom stereocenters. The number of rotatable bonds is 8. The molecule has 0 aromatic heterocycles. The lowest BCUT2D eigenvalue weighted by atomic mass is 9.89. The molecule has 1 atom stereocenters. The van der Waals surface area contributed by atoms with Crippen LogP contribution in [0.2, 0.25) is 0 Å². The van der Waals surface area contributed by atoms with E-state index in [1.807, 2.05) is 43.3 Å². The molecule has 1 heterocycles. The van der Waals surface area contributed by atoms with Crippen LogP contribution in [0.1, 0.15) is 34.3 Å². The Morgan fingerprint density at radius 3 is 2.08 bits per heavy atom. The third kappa shape index (κ3) is 6.19. The summed E-state index contributed by atoms with van der Waals surface area (Å²) in [5, 5.41) is 5.85. The quantitative estimate of drug-likeness (QED) is 0.490. The van der Waals surface area contributed by atoms with Gasteiger partial charge in [-0.2, -0.15) is 4.31 Å². The van der Waals surface area contributed by atoms with E-state index in [0.29, 0.717) is 24.9 Å². The SMILES string of the molecule is Cc1ccc(S(=O)(=O)N2CCC([C@@H](NC(=O)c3ccccc3)C(=O)NCc3ccccc3)CC2)cc1. The van der Waals surface area contributed by atoms with Crippen LogP contribution in [0.15, 0.2) is 89.8 Å². The van der Waals surface area contributed by atoms with Crippen LogP contribution >= 0.6 is 0 Å². The highest BCUT2D eigenvalue weighted by atomic mass is 32.2. The summed E-state index contributed by atoms with van der Waals surface area (Å²) in [5.74, 6) is -0.800. The molecule has 2 amide bonds. The third-order valence-electron chi connectivity index (χ3n) is 6.54. The van der Waals surface area contributed by atoms with Crippen LogP contribution in [-0.2, 0) is 21.4 Å². The largest absolute Gasteiger partial charge is 0.350 e. The van der Waals surface area contributed by atoms with Gasteiger partial charge in [0.1, 0.15) is 6.04 Å². The predicted molar refractivity (Wildman–Crippen MR) is 139 cm³/mol. The van der Waals surface area contributed by atoms with Gasteiger partial charge in [-0.1, -0.05) is 66.2 Å². The Kier molecular flexibility index (Phi) is 8.18. The number of hydrogen-bond acceptors (Lipinski definition) is 4. The summed E-state index contributed by atoms with van der Waals surface area (Å²) in [7, 11) is -3.62. The van der Waals surface area contributed by atoms with Gasteiger partial charge in [-0.25, -0.2) is 8.42 Å². The number of benzene rings is 3. The van der Waals surface area contributed by atoms with E-state index >= 15 is 0 Å². The highest BCUT2D eigenvalue weighted by Gasteiger charge is 2.36. The van der Waals surface area contributed by atoms with E-state index in [1.54, 1.807) is 48.5 Å². The van der Waals surface area contributed by atoms with E-state index in [1.165, 1.54) is 4.31 Å². The fourth-order valence-corrected chi connectivity index (χ4v) is 5.89. The van der Waals surface area contributed by atoms with Gasteiger partial charge >= 0.3 is 0 Å². The summed E-state index contributed by atoms with van der Waals surface area (Å²) < 4.78 is 27.7. The molecule has 1 saturated heterocycles. The van der Waals surface area contributed by atoms with Crippen LogP contribution in [0.5, 0.6) is 0 Å². The topological polar surface area (TPSA) is 95.6 Å². The van der Waals surface area contributed by atoms with Crippen molar-refractivity contribution in [2.75, 3.05) is 13.1 Å². The number of carbonyl (C=O) groups is 2. The first-order valence-corrected chi connectivity index (χ1v) is 13.5. The van der Waals surface area contributed by atoms with Crippen molar-refractivity contribution in [3.63, 3.8) is 0 Å². The summed E-state index contributed by atoms with van der Waals surface area (Å²) in [5.41, 5.74) is 2.42. The zero-order chi connectivity index (χ0) is 25.5. The van der Waals surface area contributed by atoms with Crippen LogP contribution < -0.4 is 10.6 Å². The zero-order valence-corrected chi connectivity index (χ0v) is 21.1. The fourth-order valence-electron chi connectivity index (χ4n) is 4.42. The predicted octanol–water partition coefficient (Wildman–Crippen LogP) is 3.51. The Labute approximate surface area is 212 Å². The van der Waals surface area contributed by atoms with E-state index in [-0.39, 0.29) is 35.7 Å². The molecule has 1 fully saturated rings. The molecule has 8 heteroatoms. The second kappa shape index (κ2) is 11.5. The molecule has 36 heavy (non-hydrogen) atoms. The van der Waals surface area contributed by atoms with E-state index in [9.17, 15) is 18.0 Å². The van der Waals surface area contributed by atoms with Gasteiger partial charge < -0.3 is 10.6 Å². The minimum absolute atomic E-state index is 0.196. The molecular formula is C28H31N3O4S. The molecule has 2 N–H and O–H groups in total. The van der Waals surface area contributed by atoms with Crippen molar-refractivity contribution in [2.24, 2.45) is 5.92 Å². The first-order valence-electron chi connectivity index (χ1n) is 12.1. The molecule has 3 aromatic carbocycles. The highest BCUT2D eigenvalue weighted by molar-refractivity contribution is 7.89. The van der Waals surface area contributed by atoms with Crippen molar-refractivity contribution < 1.29 is 18.0 Å². The number of nitrogens with one attached hydrogen (secondary N) is 2. The summed E-state index contributed by atoms with van der Waals surface area (Å²) >= 11 is 0. The summed E-state index contributed by atoms with van der Waals surface area (Å²) in [6.45, 7) is 2.82. The maximum Gasteiger partial charge on any atom is 0.251 e. The zero-order valence-electron chi connectivity index (χ0n) is 20.3. The van der Waals surface area contributed by atoms with Gasteiger partial charge in [0.25, 0.3) is 5.91 Å². The van der Waals surface area contributed by atoms with Crippen molar-refractivity contribution in [1.82, 2.24) is 14.9 Å². The number of carbonyl (C=O) groups excluding carboxylic acids is 2. The van der Waals surface area contributed by atoms with E-state index in [0.717, 1.165) is 11.1 Å². The van der Waals surface area contributed by atoms with Crippen LogP contribution in [0, 0.1) is 12.8 Å². The fraction of sp³-hybridized carbons (Fsp3) is 0.286. The average Bonchev–Trinajstić information content (AvgIpc) is 2.91. The van der Waals surface area contributed by atoms with Crippen molar-refractivity contribution in [3.05, 3.63) is 102 Å². The Bertz CT molecular complexity index is 1270. The first kappa shape index (κ1) is 25.6. The van der Waals surface area contributed by atoms with Crippen LogP contribution in [-0.4, -0.2) is 43.7 Å². The number of amides is 2. The summed E-state index contributed by atoms with van der Waals surface area (Å²) in [4.78, 5) is 26.4. The van der Waals surface area contributed by atoms with Gasteiger partial charge in [0, 0.05) is 25.2 Å². The molecule has 1 aliphatic heterocycles. The number of aryl methyl sites for hydroxylation is 1. The van der Waals surface area contributed by atoms with Crippen LogP contribution in [0.3, 0.4) is 0 Å². The number of hydrogen-bond donors (Lipinski definition) is 2. The summed E-state index contributed by atoms with van der Waals surface area (Å²) in [6.07, 6.45) is 0.924. The molecule has 0 bridgehead atoms. The molecule has 0 aliphatic carbocycles. The standard InChI is InChI=1S/C28H31N3O4S/c1-21-12-14-25(15-13-21)36(34,35)31-18-16-23(17-19-31)26(30-27(32)24-10-6-3-7-11-24)28(33)29-20-22-8-4-2-5-9-22/h2-15,23,26H,16-20H2,1H3,(H,29,33)(H,30,32)/t26-/m1/s1. The minimum atomic E-state index is -3.62. The average molecular weight is 506 g/mol. The lowest BCUT2D eigenvalue weighted by Crippen LogP contribution is -2.53. The smallest absolute Gasteiger partial charge is 0.251 e. The lowest BCUT2D eigenvalue weighted by Gasteiger charge is -2.35. The van der Waals surface area contributed by atoms with E-state index < -0.39 is 16.1 Å². The van der Waals surface area contributed by atoms with Crippen molar-refractivity contribution in [1.29, 1.82) is 0 Å². The van der Waals surface area contributed by atoms with Gasteiger partial charge in [0.05, 0.1) is 4.90 Å². The molecule has 4 rings (SSSR count). The molecule has 0 radical (unpaired) electrons. The third-order valence-corrected chi connectivity index (χ3v) is 8.46. The number of sulfonamides is 1. The van der Waals surface area contributed by atoms with Crippen molar-refractivity contribution >= 4 is 21.8 Å². The van der Waals surface area contributed by atoms with Crippen LogP contribution in [0.25, 0.3) is 0 Å². The molecule has 3 aromatic rings. The molecule has 7 nitrogen and oxygen atoms in total. The van der Waals surface area contributed by atoms with Gasteiger partial charge in [0.15, 0.2) is 0 Å². The first-order chi connectivity index (χ1) is 17.3. The molecule has 188 valence electrons. The highest BCUT2D eigenvalue weighted by Crippen LogP contribution is 2.26. The van der Waals surface area contributed by atoms with Crippen molar-refractivity contribution in [3.8, 4) is 0 Å². The Morgan fingerprint density at radius 2 is 1.47 bits per heavy atom. The maximum absolute atomic E-state index is 13.3. The van der Waals surface area contributed by atoms with Gasteiger partial charge in [-0.05, 0) is 55.5 Å². The lowest BCUT2D eigenvalue weighted by molar-refractivity contribution is -0.124. The Hall–Kier alpha value is -3.49. The Morgan fingerprint density at radius 1 is 0.889 bits per heavy atom. The van der Waals surface area contributed by atoms with E-state index in [4.69, 9.17) is 0 Å². The van der Waals surface area contributed by atoms with Gasteiger partial charge in [-0.3, -0.25) is 9.59 Å².